The van der Waals surface area contributed by atoms with Crippen LogP contribution in [-0.2, 0) is 12.7 Å². The Kier molecular flexibility index (Phi) is 6.00. The number of nitrogens with zero attached hydrogens (tertiary/aromatic N) is 4. The molecule has 0 bridgehead atoms. The molecule has 1 amide bonds. The lowest BCUT2D eigenvalue weighted by Crippen LogP contribution is -2.31. The summed E-state index contributed by atoms with van der Waals surface area (Å²) in [6, 6.07) is 11.9. The minimum atomic E-state index is -4.45. The van der Waals surface area contributed by atoms with Crippen molar-refractivity contribution < 1.29 is 18.0 Å². The van der Waals surface area contributed by atoms with Crippen LogP contribution in [-0.4, -0.2) is 32.1 Å². The van der Waals surface area contributed by atoms with E-state index < -0.39 is 11.7 Å². The average Bonchev–Trinajstić information content (AvgIpc) is 3.08. The number of hydrogen-bond donors (Lipinski definition) is 0. The van der Waals surface area contributed by atoms with Gasteiger partial charge in [-0.25, -0.2) is 9.67 Å². The molecule has 2 aromatic heterocycles. The highest BCUT2D eigenvalue weighted by molar-refractivity contribution is 5.95. The van der Waals surface area contributed by atoms with E-state index in [9.17, 15) is 18.0 Å². The van der Waals surface area contributed by atoms with Crippen molar-refractivity contribution in [3.63, 3.8) is 0 Å². The van der Waals surface area contributed by atoms with E-state index in [0.29, 0.717) is 24.3 Å². The normalized spacial score (nSPS) is 11.5. The summed E-state index contributed by atoms with van der Waals surface area (Å²) in [7, 11) is 0. The van der Waals surface area contributed by atoms with E-state index >= 15 is 0 Å². The van der Waals surface area contributed by atoms with Crippen molar-refractivity contribution in [1.29, 1.82) is 0 Å². The van der Waals surface area contributed by atoms with E-state index in [1.54, 1.807) is 11.8 Å². The van der Waals surface area contributed by atoms with Gasteiger partial charge in [0.1, 0.15) is 0 Å². The summed E-state index contributed by atoms with van der Waals surface area (Å²) in [5.41, 5.74) is 1.11. The second-order valence-electron chi connectivity index (χ2n) is 6.67. The fourth-order valence-corrected chi connectivity index (χ4v) is 3.03. The Morgan fingerprint density at radius 2 is 1.83 bits per heavy atom. The number of amides is 1. The molecule has 0 saturated carbocycles. The fraction of sp³-hybridized carbons (Fsp3) is 0.286. The number of carbonyl (C=O) groups excluding carboxylic acids is 1. The molecule has 2 heterocycles. The number of carbonyl (C=O) groups is 1. The van der Waals surface area contributed by atoms with Gasteiger partial charge in [0.25, 0.3) is 5.91 Å². The van der Waals surface area contributed by atoms with Crippen molar-refractivity contribution in [2.24, 2.45) is 0 Å². The van der Waals surface area contributed by atoms with Gasteiger partial charge in [0.05, 0.1) is 23.0 Å². The number of halogens is 3. The quantitative estimate of drug-likeness (QED) is 0.603. The van der Waals surface area contributed by atoms with Gasteiger partial charge >= 0.3 is 6.18 Å². The van der Waals surface area contributed by atoms with Crippen LogP contribution >= 0.6 is 0 Å². The van der Waals surface area contributed by atoms with Gasteiger partial charge < -0.3 is 4.90 Å². The van der Waals surface area contributed by atoms with E-state index in [2.05, 4.69) is 10.1 Å². The summed E-state index contributed by atoms with van der Waals surface area (Å²) in [4.78, 5) is 18.7. The lowest BCUT2D eigenvalue weighted by molar-refractivity contribution is -0.137. The Morgan fingerprint density at radius 3 is 2.41 bits per heavy atom. The Bertz CT molecular complexity index is 966. The average molecular weight is 402 g/mol. The highest BCUT2D eigenvalue weighted by Crippen LogP contribution is 2.29. The summed E-state index contributed by atoms with van der Waals surface area (Å²) >= 11 is 0. The molecule has 0 unspecified atom stereocenters. The minimum absolute atomic E-state index is 0.175. The third-order valence-corrected chi connectivity index (χ3v) is 4.53. The number of rotatable bonds is 6. The van der Waals surface area contributed by atoms with Crippen molar-refractivity contribution in [3.05, 3.63) is 77.2 Å². The standard InChI is InChI=1S/C21H21F3N4O/c1-3-11-27(14-16-7-5-4-6-8-16)20(29)18-13-26-28(15(18)2)19-10-9-17(12-25-19)21(22,23)24/h4-10,12-13H,3,11,14H2,1-2H3. The molecule has 0 radical (unpaired) electrons. The second kappa shape index (κ2) is 8.46. The van der Waals surface area contributed by atoms with Gasteiger partial charge in [-0.3, -0.25) is 4.79 Å². The molecule has 0 aliphatic heterocycles. The predicted molar refractivity (Wildman–Crippen MR) is 103 cm³/mol. The highest BCUT2D eigenvalue weighted by Gasteiger charge is 2.31. The zero-order valence-electron chi connectivity index (χ0n) is 16.1. The van der Waals surface area contributed by atoms with Crippen molar-refractivity contribution in [2.45, 2.75) is 33.0 Å². The second-order valence-corrected chi connectivity index (χ2v) is 6.67. The van der Waals surface area contributed by atoms with Crippen LogP contribution in [0.15, 0.2) is 54.9 Å². The molecule has 3 aromatic rings. The van der Waals surface area contributed by atoms with Crippen LogP contribution in [0.5, 0.6) is 0 Å². The molecule has 0 spiro atoms. The summed E-state index contributed by atoms with van der Waals surface area (Å²) in [6.45, 7) is 4.74. The van der Waals surface area contributed by atoms with Gasteiger partial charge in [-0.1, -0.05) is 37.3 Å². The maximum absolute atomic E-state index is 13.1. The molecule has 1 aromatic carbocycles. The number of hydrogen-bond acceptors (Lipinski definition) is 3. The van der Waals surface area contributed by atoms with Gasteiger partial charge in [-0.2, -0.15) is 18.3 Å². The van der Waals surface area contributed by atoms with Gasteiger partial charge in [0.15, 0.2) is 5.82 Å². The van der Waals surface area contributed by atoms with Gasteiger partial charge in [-0.15, -0.1) is 0 Å². The zero-order chi connectivity index (χ0) is 21.0. The molecule has 152 valence electrons. The molecule has 0 fully saturated rings. The van der Waals surface area contributed by atoms with Gasteiger partial charge in [0, 0.05) is 19.3 Å². The lowest BCUT2D eigenvalue weighted by Gasteiger charge is -2.22. The van der Waals surface area contributed by atoms with Crippen LogP contribution in [0, 0.1) is 6.92 Å². The Morgan fingerprint density at radius 1 is 1.10 bits per heavy atom. The number of alkyl halides is 3. The van der Waals surface area contributed by atoms with Crippen molar-refractivity contribution >= 4 is 5.91 Å². The third-order valence-electron chi connectivity index (χ3n) is 4.53. The smallest absolute Gasteiger partial charge is 0.334 e. The summed E-state index contributed by atoms with van der Waals surface area (Å²) in [5, 5.41) is 4.17. The van der Waals surface area contributed by atoms with Crippen LogP contribution < -0.4 is 0 Å². The van der Waals surface area contributed by atoms with Crippen LogP contribution in [0.25, 0.3) is 5.82 Å². The fourth-order valence-electron chi connectivity index (χ4n) is 3.03. The first-order valence-corrected chi connectivity index (χ1v) is 9.22. The molecule has 29 heavy (non-hydrogen) atoms. The van der Waals surface area contributed by atoms with E-state index in [1.807, 2.05) is 37.3 Å². The predicted octanol–water partition coefficient (Wildman–Crippen LogP) is 4.65. The monoisotopic (exact) mass is 402 g/mol. The molecule has 3 rings (SSSR count). The summed E-state index contributed by atoms with van der Waals surface area (Å²) in [6.07, 6.45) is -1.46. The molecule has 0 aliphatic rings. The van der Waals surface area contributed by atoms with Crippen LogP contribution in [0.1, 0.15) is 40.5 Å². The van der Waals surface area contributed by atoms with Crippen LogP contribution in [0.4, 0.5) is 13.2 Å². The Hall–Kier alpha value is -3.16. The largest absolute Gasteiger partial charge is 0.417 e. The van der Waals surface area contributed by atoms with Crippen LogP contribution in [0.2, 0.25) is 0 Å². The third kappa shape index (κ3) is 4.64. The molecule has 0 atom stereocenters. The highest BCUT2D eigenvalue weighted by atomic mass is 19.4. The topological polar surface area (TPSA) is 51.0 Å². The SMILES string of the molecule is CCCN(Cc1ccccc1)C(=O)c1cnn(-c2ccc(C(F)(F)F)cn2)c1C. The summed E-state index contributed by atoms with van der Waals surface area (Å²) < 4.78 is 39.6. The molecule has 0 N–H and O–H groups in total. The number of pyridine rings is 1. The first-order chi connectivity index (χ1) is 13.8. The van der Waals surface area contributed by atoms with Crippen molar-refractivity contribution in [2.75, 3.05) is 6.54 Å². The first-order valence-electron chi connectivity index (χ1n) is 9.22. The van der Waals surface area contributed by atoms with E-state index in [4.69, 9.17) is 0 Å². The Labute approximate surface area is 166 Å². The zero-order valence-corrected chi connectivity index (χ0v) is 16.1. The Balaban J connectivity index is 1.85. The number of aromatic nitrogens is 3. The molecule has 0 aliphatic carbocycles. The maximum Gasteiger partial charge on any atom is 0.417 e. The minimum Gasteiger partial charge on any atom is -0.334 e. The van der Waals surface area contributed by atoms with E-state index in [1.165, 1.54) is 16.9 Å². The first kappa shape index (κ1) is 20.6. The van der Waals surface area contributed by atoms with Crippen LogP contribution in [0.3, 0.4) is 0 Å². The molecule has 0 saturated heterocycles. The van der Waals surface area contributed by atoms with Crippen molar-refractivity contribution in [1.82, 2.24) is 19.7 Å². The summed E-state index contributed by atoms with van der Waals surface area (Å²) in [5.74, 6) is 0.0472. The van der Waals surface area contributed by atoms with E-state index in [-0.39, 0.29) is 11.7 Å². The number of benzene rings is 1. The maximum atomic E-state index is 13.1. The van der Waals surface area contributed by atoms with E-state index in [0.717, 1.165) is 24.2 Å². The van der Waals surface area contributed by atoms with Crippen molar-refractivity contribution in [3.8, 4) is 5.82 Å². The van der Waals surface area contributed by atoms with Gasteiger partial charge in [0.2, 0.25) is 0 Å². The van der Waals surface area contributed by atoms with Gasteiger partial charge in [-0.05, 0) is 31.0 Å². The molecule has 8 heteroatoms. The molecular formula is C21H21F3N4O. The lowest BCUT2D eigenvalue weighted by atomic mass is 10.1. The molecule has 5 nitrogen and oxygen atoms in total. The molecular weight excluding hydrogens is 381 g/mol.